The van der Waals surface area contributed by atoms with Crippen LogP contribution in [0.3, 0.4) is 0 Å². The molecule has 144 valence electrons. The maximum Gasteiger partial charge on any atom is 0.193 e. The van der Waals surface area contributed by atoms with Gasteiger partial charge in [0.15, 0.2) is 19.9 Å². The van der Waals surface area contributed by atoms with Gasteiger partial charge < -0.3 is 18.6 Å². The molecule has 1 fully saturated rings. The standard InChI is InChI=1S/C20H36O4Si/c1-10-15(2)17-13-20(24-19(6,7)22-17)12-11-16(14-21-20)23-25(8,9)18(3,4)5/h10-12,15-17H,1,13-14H2,2-9H3/t15-,16+,17-,20-/m0/s1. The Morgan fingerprint density at radius 2 is 1.96 bits per heavy atom. The van der Waals surface area contributed by atoms with Crippen LogP contribution in [0.25, 0.3) is 0 Å². The molecule has 0 saturated carbocycles. The molecule has 2 aliphatic rings. The molecule has 25 heavy (non-hydrogen) atoms. The van der Waals surface area contributed by atoms with E-state index in [1.165, 1.54) is 0 Å². The van der Waals surface area contributed by atoms with Gasteiger partial charge in [0.05, 0.1) is 18.8 Å². The second-order valence-electron chi connectivity index (χ2n) is 9.36. The van der Waals surface area contributed by atoms with Crippen molar-refractivity contribution in [1.29, 1.82) is 0 Å². The fourth-order valence-corrected chi connectivity index (χ4v) is 4.27. The molecule has 4 atom stereocenters. The zero-order valence-electron chi connectivity index (χ0n) is 17.2. The van der Waals surface area contributed by atoms with Crippen LogP contribution in [0.2, 0.25) is 18.1 Å². The molecule has 2 heterocycles. The molecule has 0 radical (unpaired) electrons. The van der Waals surface area contributed by atoms with E-state index in [4.69, 9.17) is 18.6 Å². The number of hydrogen-bond donors (Lipinski definition) is 0. The van der Waals surface area contributed by atoms with Crippen molar-refractivity contribution in [2.24, 2.45) is 5.92 Å². The zero-order chi connectivity index (χ0) is 19.1. The van der Waals surface area contributed by atoms with Gasteiger partial charge in [-0.2, -0.15) is 0 Å². The second-order valence-corrected chi connectivity index (χ2v) is 14.1. The molecule has 0 aromatic heterocycles. The van der Waals surface area contributed by atoms with Gasteiger partial charge in [0, 0.05) is 12.3 Å². The van der Waals surface area contributed by atoms with Gasteiger partial charge in [0.2, 0.25) is 0 Å². The van der Waals surface area contributed by atoms with E-state index in [0.717, 1.165) is 0 Å². The van der Waals surface area contributed by atoms with E-state index in [1.54, 1.807) is 0 Å². The molecule has 4 nitrogen and oxygen atoms in total. The Morgan fingerprint density at radius 3 is 2.44 bits per heavy atom. The molecule has 0 bridgehead atoms. The quantitative estimate of drug-likeness (QED) is 0.515. The summed E-state index contributed by atoms with van der Waals surface area (Å²) in [6.45, 7) is 21.7. The predicted octanol–water partition coefficient (Wildman–Crippen LogP) is 5.02. The van der Waals surface area contributed by atoms with Crippen LogP contribution < -0.4 is 0 Å². The topological polar surface area (TPSA) is 36.9 Å². The van der Waals surface area contributed by atoms with Crippen LogP contribution in [0, 0.1) is 5.92 Å². The van der Waals surface area contributed by atoms with Crippen molar-refractivity contribution in [3.05, 3.63) is 24.8 Å². The lowest BCUT2D eigenvalue weighted by Gasteiger charge is -2.49. The fourth-order valence-electron chi connectivity index (χ4n) is 3.01. The van der Waals surface area contributed by atoms with Gasteiger partial charge in [0.1, 0.15) is 0 Å². The van der Waals surface area contributed by atoms with Crippen LogP contribution in [0.1, 0.15) is 48.0 Å². The van der Waals surface area contributed by atoms with E-state index in [9.17, 15) is 0 Å². The average Bonchev–Trinajstić information content (AvgIpc) is 2.46. The summed E-state index contributed by atoms with van der Waals surface area (Å²) in [6.07, 6.45) is 6.73. The molecular weight excluding hydrogens is 332 g/mol. The summed E-state index contributed by atoms with van der Waals surface area (Å²) in [6, 6.07) is 0. The maximum atomic E-state index is 6.45. The summed E-state index contributed by atoms with van der Waals surface area (Å²) >= 11 is 0. The maximum absolute atomic E-state index is 6.45. The van der Waals surface area contributed by atoms with Crippen LogP contribution in [0.4, 0.5) is 0 Å². The van der Waals surface area contributed by atoms with Crippen LogP contribution in [-0.2, 0) is 18.6 Å². The van der Waals surface area contributed by atoms with E-state index in [1.807, 2.05) is 26.0 Å². The Morgan fingerprint density at radius 1 is 1.32 bits per heavy atom. The largest absolute Gasteiger partial charge is 0.408 e. The van der Waals surface area contributed by atoms with E-state index >= 15 is 0 Å². The van der Waals surface area contributed by atoms with Crippen LogP contribution in [0.5, 0.6) is 0 Å². The van der Waals surface area contributed by atoms with Gasteiger partial charge in [-0.25, -0.2) is 0 Å². The molecule has 0 aromatic carbocycles. The van der Waals surface area contributed by atoms with E-state index in [2.05, 4.69) is 53.4 Å². The highest BCUT2D eigenvalue weighted by Gasteiger charge is 2.48. The normalized spacial score (nSPS) is 34.1. The monoisotopic (exact) mass is 368 g/mol. The van der Waals surface area contributed by atoms with Gasteiger partial charge in [-0.3, -0.25) is 0 Å². The number of rotatable bonds is 4. The Balaban J connectivity index is 2.13. The predicted molar refractivity (Wildman–Crippen MR) is 104 cm³/mol. The van der Waals surface area contributed by atoms with E-state index in [-0.39, 0.29) is 23.2 Å². The van der Waals surface area contributed by atoms with Crippen molar-refractivity contribution < 1.29 is 18.6 Å². The van der Waals surface area contributed by atoms with Gasteiger partial charge >= 0.3 is 0 Å². The summed E-state index contributed by atoms with van der Waals surface area (Å²) in [5.74, 6) is -1.20. The molecular formula is C20H36O4Si. The SMILES string of the molecule is C=C[C@H](C)[C@@H]1C[C@]2(C=C[C@@H](O[Si](C)(C)C(C)(C)C)CO2)OC(C)(C)O1. The highest BCUT2D eigenvalue weighted by Crippen LogP contribution is 2.42. The molecule has 0 unspecified atom stereocenters. The molecule has 2 aliphatic heterocycles. The van der Waals surface area contributed by atoms with Crippen molar-refractivity contribution >= 4 is 8.32 Å². The first-order chi connectivity index (χ1) is 11.3. The Hall–Kier alpha value is -0.463. The van der Waals surface area contributed by atoms with Gasteiger partial charge in [-0.1, -0.05) is 39.8 Å². The summed E-state index contributed by atoms with van der Waals surface area (Å²) < 4.78 is 24.9. The smallest absolute Gasteiger partial charge is 0.193 e. The lowest BCUT2D eigenvalue weighted by molar-refractivity contribution is -0.390. The van der Waals surface area contributed by atoms with Crippen LogP contribution in [-0.4, -0.2) is 38.7 Å². The highest BCUT2D eigenvalue weighted by atomic mass is 28.4. The minimum absolute atomic E-state index is 0.0173. The first kappa shape index (κ1) is 20.8. The molecule has 0 N–H and O–H groups in total. The molecule has 2 rings (SSSR count). The number of hydrogen-bond acceptors (Lipinski definition) is 4. The minimum atomic E-state index is -1.83. The molecule has 0 amide bonds. The Kier molecular flexibility index (Phi) is 5.78. The third kappa shape index (κ3) is 4.83. The van der Waals surface area contributed by atoms with Gasteiger partial charge in [-0.05, 0) is 38.1 Å². The van der Waals surface area contributed by atoms with Crippen molar-refractivity contribution in [2.75, 3.05) is 6.61 Å². The summed E-state index contributed by atoms with van der Waals surface area (Å²) in [5, 5.41) is 0.178. The van der Waals surface area contributed by atoms with Crippen molar-refractivity contribution in [3.63, 3.8) is 0 Å². The number of ether oxygens (including phenoxy) is 3. The molecule has 1 spiro atoms. The average molecular weight is 369 g/mol. The van der Waals surface area contributed by atoms with E-state index < -0.39 is 19.9 Å². The van der Waals surface area contributed by atoms with Crippen molar-refractivity contribution in [2.45, 2.75) is 89.9 Å². The van der Waals surface area contributed by atoms with Gasteiger partial charge in [0.25, 0.3) is 0 Å². The third-order valence-corrected chi connectivity index (χ3v) is 10.1. The lowest BCUT2D eigenvalue weighted by atomic mass is 9.93. The molecule has 0 aromatic rings. The van der Waals surface area contributed by atoms with Crippen molar-refractivity contribution in [3.8, 4) is 0 Å². The van der Waals surface area contributed by atoms with Crippen LogP contribution >= 0.6 is 0 Å². The fraction of sp³-hybridized carbons (Fsp3) is 0.800. The Labute approximate surface area is 154 Å². The zero-order valence-corrected chi connectivity index (χ0v) is 18.2. The second kappa shape index (κ2) is 6.93. The van der Waals surface area contributed by atoms with E-state index in [0.29, 0.717) is 13.0 Å². The third-order valence-electron chi connectivity index (χ3n) is 5.61. The lowest BCUT2D eigenvalue weighted by Crippen LogP contribution is -2.56. The summed E-state index contributed by atoms with van der Waals surface area (Å²) in [7, 11) is -1.83. The first-order valence-corrected chi connectivity index (χ1v) is 12.2. The minimum Gasteiger partial charge on any atom is -0.408 e. The van der Waals surface area contributed by atoms with Crippen LogP contribution in [0.15, 0.2) is 24.8 Å². The highest BCUT2D eigenvalue weighted by molar-refractivity contribution is 6.74. The first-order valence-electron chi connectivity index (χ1n) is 9.31. The Bertz CT molecular complexity index is 520. The van der Waals surface area contributed by atoms with Crippen molar-refractivity contribution in [1.82, 2.24) is 0 Å². The molecule has 0 aliphatic carbocycles. The van der Waals surface area contributed by atoms with Gasteiger partial charge in [-0.15, -0.1) is 6.58 Å². The molecule has 1 saturated heterocycles. The summed E-state index contributed by atoms with van der Waals surface area (Å²) in [5.41, 5.74) is 0. The molecule has 5 heteroatoms. The summed E-state index contributed by atoms with van der Waals surface area (Å²) in [4.78, 5) is 0.